The summed E-state index contributed by atoms with van der Waals surface area (Å²) in [4.78, 5) is 2.71. The van der Waals surface area contributed by atoms with Crippen molar-refractivity contribution < 1.29 is 0 Å². The smallest absolute Gasteiger partial charge is 0.00164 e. The SMILES string of the molecule is Cl.Cl.NCC1[C@H]2CN(CC3CCCC3)C[C@@H]12. The molecule has 4 heteroatoms. The lowest BCUT2D eigenvalue weighted by Gasteiger charge is -2.22. The van der Waals surface area contributed by atoms with E-state index in [1.165, 1.54) is 45.3 Å². The fraction of sp³-hybridized carbons (Fsp3) is 1.00. The third kappa shape index (κ3) is 2.66. The van der Waals surface area contributed by atoms with Crippen molar-refractivity contribution in [1.29, 1.82) is 0 Å². The molecule has 0 amide bonds. The molecule has 1 aliphatic heterocycles. The first-order valence-electron chi connectivity index (χ1n) is 6.31. The van der Waals surface area contributed by atoms with E-state index >= 15 is 0 Å². The number of hydrogen-bond donors (Lipinski definition) is 1. The molecule has 2 saturated carbocycles. The van der Waals surface area contributed by atoms with Gasteiger partial charge in [0.1, 0.15) is 0 Å². The predicted octanol–water partition coefficient (Wildman–Crippen LogP) is 2.16. The standard InChI is InChI=1S/C12H22N2.2ClH/c13-5-10-11-7-14(8-12(10)11)6-9-3-1-2-4-9;;/h9-12H,1-8,13H2;2*1H/t10?,11-,12+;;. The van der Waals surface area contributed by atoms with Crippen LogP contribution >= 0.6 is 24.8 Å². The van der Waals surface area contributed by atoms with Crippen molar-refractivity contribution in [3.8, 4) is 0 Å². The highest BCUT2D eigenvalue weighted by Crippen LogP contribution is 2.51. The molecule has 96 valence electrons. The molecule has 0 aromatic heterocycles. The molecule has 16 heavy (non-hydrogen) atoms. The fourth-order valence-corrected chi connectivity index (χ4v) is 3.79. The first-order chi connectivity index (χ1) is 6.88. The van der Waals surface area contributed by atoms with Crippen LogP contribution in [-0.4, -0.2) is 31.1 Å². The van der Waals surface area contributed by atoms with Crippen LogP contribution in [0.25, 0.3) is 0 Å². The third-order valence-electron chi connectivity index (χ3n) is 4.71. The number of nitrogens with two attached hydrogens (primary N) is 1. The maximum Gasteiger partial charge on any atom is 0.00164 e. The number of piperidine rings is 1. The van der Waals surface area contributed by atoms with E-state index in [1.54, 1.807) is 0 Å². The number of nitrogens with zero attached hydrogens (tertiary/aromatic N) is 1. The predicted molar refractivity (Wildman–Crippen MR) is 72.4 cm³/mol. The summed E-state index contributed by atoms with van der Waals surface area (Å²) < 4.78 is 0. The Morgan fingerprint density at radius 1 is 1.00 bits per heavy atom. The Morgan fingerprint density at radius 3 is 2.06 bits per heavy atom. The van der Waals surface area contributed by atoms with Crippen molar-refractivity contribution in [2.24, 2.45) is 29.4 Å². The van der Waals surface area contributed by atoms with Gasteiger partial charge in [-0.3, -0.25) is 0 Å². The summed E-state index contributed by atoms with van der Waals surface area (Å²) in [6.07, 6.45) is 5.95. The van der Waals surface area contributed by atoms with Gasteiger partial charge in [0, 0.05) is 19.6 Å². The average Bonchev–Trinajstić information content (AvgIpc) is 2.63. The van der Waals surface area contributed by atoms with Crippen molar-refractivity contribution in [2.45, 2.75) is 25.7 Å². The monoisotopic (exact) mass is 266 g/mol. The quantitative estimate of drug-likeness (QED) is 0.849. The minimum atomic E-state index is 0. The lowest BCUT2D eigenvalue weighted by Crippen LogP contribution is -2.30. The maximum absolute atomic E-state index is 5.71. The molecule has 0 aromatic rings. The highest BCUT2D eigenvalue weighted by Gasteiger charge is 2.54. The van der Waals surface area contributed by atoms with Gasteiger partial charge in [0.15, 0.2) is 0 Å². The van der Waals surface area contributed by atoms with E-state index < -0.39 is 0 Å². The Labute approximate surface area is 111 Å². The van der Waals surface area contributed by atoms with Crippen LogP contribution < -0.4 is 5.73 Å². The molecule has 0 bridgehead atoms. The van der Waals surface area contributed by atoms with Gasteiger partial charge in [-0.05, 0) is 43.1 Å². The highest BCUT2D eigenvalue weighted by atomic mass is 35.5. The van der Waals surface area contributed by atoms with E-state index in [1.807, 2.05) is 0 Å². The first kappa shape index (κ1) is 14.6. The van der Waals surface area contributed by atoms with Crippen LogP contribution in [0.1, 0.15) is 25.7 Å². The molecule has 1 unspecified atom stereocenters. The van der Waals surface area contributed by atoms with Crippen LogP contribution in [0.2, 0.25) is 0 Å². The maximum atomic E-state index is 5.71. The van der Waals surface area contributed by atoms with Gasteiger partial charge in [-0.1, -0.05) is 12.8 Å². The van der Waals surface area contributed by atoms with Crippen LogP contribution in [0.15, 0.2) is 0 Å². The summed E-state index contributed by atoms with van der Waals surface area (Å²) in [6, 6.07) is 0. The van der Waals surface area contributed by atoms with Gasteiger partial charge in [0.2, 0.25) is 0 Å². The van der Waals surface area contributed by atoms with Crippen LogP contribution in [0, 0.1) is 23.7 Å². The molecule has 3 atom stereocenters. The van der Waals surface area contributed by atoms with Crippen LogP contribution in [-0.2, 0) is 0 Å². The van der Waals surface area contributed by atoms with E-state index in [0.717, 1.165) is 30.2 Å². The molecule has 3 rings (SSSR count). The number of likely N-dealkylation sites (tertiary alicyclic amines) is 1. The minimum absolute atomic E-state index is 0. The van der Waals surface area contributed by atoms with E-state index in [4.69, 9.17) is 5.73 Å². The van der Waals surface area contributed by atoms with Crippen LogP contribution in [0.3, 0.4) is 0 Å². The molecule has 3 aliphatic rings. The van der Waals surface area contributed by atoms with Gasteiger partial charge >= 0.3 is 0 Å². The summed E-state index contributed by atoms with van der Waals surface area (Å²) in [5.74, 6) is 3.90. The summed E-state index contributed by atoms with van der Waals surface area (Å²) in [6.45, 7) is 5.06. The molecule has 0 radical (unpaired) electrons. The van der Waals surface area contributed by atoms with Crippen LogP contribution in [0.5, 0.6) is 0 Å². The zero-order chi connectivity index (χ0) is 9.54. The van der Waals surface area contributed by atoms with Gasteiger partial charge in [-0.15, -0.1) is 24.8 Å². The summed E-state index contributed by atoms with van der Waals surface area (Å²) in [7, 11) is 0. The molecular weight excluding hydrogens is 243 g/mol. The lowest BCUT2D eigenvalue weighted by atomic mass is 10.1. The van der Waals surface area contributed by atoms with E-state index in [9.17, 15) is 0 Å². The van der Waals surface area contributed by atoms with Gasteiger partial charge in [-0.2, -0.15) is 0 Å². The molecule has 1 saturated heterocycles. The first-order valence-corrected chi connectivity index (χ1v) is 6.31. The van der Waals surface area contributed by atoms with Crippen molar-refractivity contribution >= 4 is 24.8 Å². The normalized spacial score (nSPS) is 37.7. The largest absolute Gasteiger partial charge is 0.330 e. The Kier molecular flexibility index (Phi) is 5.37. The Bertz CT molecular complexity index is 207. The Morgan fingerprint density at radius 2 is 1.56 bits per heavy atom. The summed E-state index contributed by atoms with van der Waals surface area (Å²) >= 11 is 0. The van der Waals surface area contributed by atoms with E-state index in [0.29, 0.717) is 0 Å². The average molecular weight is 267 g/mol. The molecule has 2 nitrogen and oxygen atoms in total. The number of hydrogen-bond acceptors (Lipinski definition) is 2. The van der Waals surface area contributed by atoms with Gasteiger partial charge in [-0.25, -0.2) is 0 Å². The second kappa shape index (κ2) is 5.90. The van der Waals surface area contributed by atoms with Gasteiger partial charge in [0.25, 0.3) is 0 Å². The number of rotatable bonds is 3. The minimum Gasteiger partial charge on any atom is -0.330 e. The van der Waals surface area contributed by atoms with E-state index in [-0.39, 0.29) is 24.8 Å². The van der Waals surface area contributed by atoms with Crippen molar-refractivity contribution in [3.05, 3.63) is 0 Å². The van der Waals surface area contributed by atoms with Crippen molar-refractivity contribution in [2.75, 3.05) is 26.2 Å². The molecular formula is C12H24Cl2N2. The summed E-state index contributed by atoms with van der Waals surface area (Å²) in [5, 5.41) is 0. The van der Waals surface area contributed by atoms with Gasteiger partial charge in [0.05, 0.1) is 0 Å². The van der Waals surface area contributed by atoms with E-state index in [2.05, 4.69) is 4.90 Å². The van der Waals surface area contributed by atoms with Crippen molar-refractivity contribution in [3.63, 3.8) is 0 Å². The Balaban J connectivity index is 0.000000640. The molecule has 1 heterocycles. The molecule has 3 fully saturated rings. The molecule has 0 spiro atoms. The lowest BCUT2D eigenvalue weighted by molar-refractivity contribution is 0.243. The molecule has 2 N–H and O–H groups in total. The fourth-order valence-electron chi connectivity index (χ4n) is 3.79. The zero-order valence-electron chi connectivity index (χ0n) is 9.81. The van der Waals surface area contributed by atoms with Crippen LogP contribution in [0.4, 0.5) is 0 Å². The molecule has 2 aliphatic carbocycles. The highest BCUT2D eigenvalue weighted by molar-refractivity contribution is 5.85. The van der Waals surface area contributed by atoms with Crippen molar-refractivity contribution in [1.82, 2.24) is 4.90 Å². The third-order valence-corrected chi connectivity index (χ3v) is 4.71. The zero-order valence-corrected chi connectivity index (χ0v) is 11.4. The van der Waals surface area contributed by atoms with Gasteiger partial charge < -0.3 is 10.6 Å². The second-order valence-electron chi connectivity index (χ2n) is 5.60. The number of fused-ring (bicyclic) bond motifs is 1. The molecule has 0 aromatic carbocycles. The second-order valence-corrected chi connectivity index (χ2v) is 5.60. The Hall–Kier alpha value is 0.500. The topological polar surface area (TPSA) is 29.3 Å². The summed E-state index contributed by atoms with van der Waals surface area (Å²) in [5.41, 5.74) is 5.71. The number of halogens is 2.